The second kappa shape index (κ2) is 6.54. The van der Waals surface area contributed by atoms with E-state index in [0.29, 0.717) is 0 Å². The SMILES string of the molecule is CC(OC(=O)c1ccccc1C(=O)O)c1ccc2ccccc2c1. The summed E-state index contributed by atoms with van der Waals surface area (Å²) in [5.74, 6) is -1.80. The van der Waals surface area contributed by atoms with Crippen LogP contribution in [0.25, 0.3) is 10.8 Å². The van der Waals surface area contributed by atoms with E-state index in [1.807, 2.05) is 42.5 Å². The molecule has 0 heterocycles. The van der Waals surface area contributed by atoms with E-state index in [0.717, 1.165) is 16.3 Å². The van der Waals surface area contributed by atoms with Crippen molar-refractivity contribution in [2.45, 2.75) is 13.0 Å². The molecule has 24 heavy (non-hydrogen) atoms. The van der Waals surface area contributed by atoms with Crippen LogP contribution in [0, 0.1) is 0 Å². The van der Waals surface area contributed by atoms with Crippen molar-refractivity contribution in [3.05, 3.63) is 83.4 Å². The third-order valence-corrected chi connectivity index (χ3v) is 3.90. The number of fused-ring (bicyclic) bond motifs is 1. The zero-order valence-electron chi connectivity index (χ0n) is 13.1. The summed E-state index contributed by atoms with van der Waals surface area (Å²) < 4.78 is 5.46. The molecule has 4 heteroatoms. The largest absolute Gasteiger partial charge is 0.478 e. The number of ether oxygens (including phenoxy) is 1. The summed E-state index contributed by atoms with van der Waals surface area (Å²) in [6, 6.07) is 19.8. The average molecular weight is 320 g/mol. The number of hydrogen-bond acceptors (Lipinski definition) is 3. The van der Waals surface area contributed by atoms with Crippen LogP contribution in [0.4, 0.5) is 0 Å². The Hall–Kier alpha value is -3.14. The Kier molecular flexibility index (Phi) is 4.29. The highest BCUT2D eigenvalue weighted by molar-refractivity contribution is 6.02. The topological polar surface area (TPSA) is 63.6 Å². The van der Waals surface area contributed by atoms with E-state index in [-0.39, 0.29) is 11.1 Å². The zero-order chi connectivity index (χ0) is 17.1. The molecule has 0 aliphatic carbocycles. The molecule has 0 aliphatic heterocycles. The lowest BCUT2D eigenvalue weighted by atomic mass is 10.0. The van der Waals surface area contributed by atoms with Crippen molar-refractivity contribution < 1.29 is 19.4 Å². The first kappa shape index (κ1) is 15.7. The Morgan fingerprint density at radius 1 is 0.875 bits per heavy atom. The molecule has 0 fully saturated rings. The van der Waals surface area contributed by atoms with Gasteiger partial charge in [0.2, 0.25) is 0 Å². The first-order valence-corrected chi connectivity index (χ1v) is 7.58. The van der Waals surface area contributed by atoms with Crippen LogP contribution in [-0.4, -0.2) is 17.0 Å². The van der Waals surface area contributed by atoms with Gasteiger partial charge in [-0.25, -0.2) is 9.59 Å². The molecule has 3 aromatic rings. The van der Waals surface area contributed by atoms with Crippen molar-refractivity contribution in [2.75, 3.05) is 0 Å². The molecule has 0 bridgehead atoms. The maximum absolute atomic E-state index is 12.3. The Balaban J connectivity index is 1.84. The molecule has 1 unspecified atom stereocenters. The van der Waals surface area contributed by atoms with Crippen LogP contribution in [0.1, 0.15) is 39.3 Å². The number of carbonyl (C=O) groups excluding carboxylic acids is 1. The molecule has 120 valence electrons. The second-order valence-electron chi connectivity index (χ2n) is 5.50. The molecular weight excluding hydrogens is 304 g/mol. The van der Waals surface area contributed by atoms with Gasteiger partial charge in [0.05, 0.1) is 11.1 Å². The number of rotatable bonds is 4. The van der Waals surface area contributed by atoms with Gasteiger partial charge in [-0.05, 0) is 41.5 Å². The Bertz CT molecular complexity index is 914. The Morgan fingerprint density at radius 3 is 2.21 bits per heavy atom. The van der Waals surface area contributed by atoms with Crippen molar-refractivity contribution in [1.29, 1.82) is 0 Å². The lowest BCUT2D eigenvalue weighted by Gasteiger charge is -2.15. The van der Waals surface area contributed by atoms with E-state index in [1.165, 1.54) is 12.1 Å². The van der Waals surface area contributed by atoms with E-state index in [9.17, 15) is 14.7 Å². The van der Waals surface area contributed by atoms with Gasteiger partial charge in [-0.1, -0.05) is 48.5 Å². The van der Waals surface area contributed by atoms with Gasteiger partial charge >= 0.3 is 11.9 Å². The second-order valence-corrected chi connectivity index (χ2v) is 5.50. The van der Waals surface area contributed by atoms with Crippen LogP contribution in [-0.2, 0) is 4.74 Å². The number of esters is 1. The normalized spacial score (nSPS) is 11.9. The minimum absolute atomic E-state index is 0.0534. The minimum Gasteiger partial charge on any atom is -0.478 e. The van der Waals surface area contributed by atoms with Crippen LogP contribution in [0.3, 0.4) is 0 Å². The standard InChI is InChI=1S/C20H16O4/c1-13(15-11-10-14-6-2-3-7-16(14)12-15)24-20(23)18-9-5-4-8-17(18)19(21)22/h2-13H,1H3,(H,21,22). The van der Waals surface area contributed by atoms with Gasteiger partial charge in [-0.2, -0.15) is 0 Å². The summed E-state index contributed by atoms with van der Waals surface area (Å²) in [6.45, 7) is 1.77. The fourth-order valence-corrected chi connectivity index (χ4v) is 2.60. The lowest BCUT2D eigenvalue weighted by Crippen LogP contribution is -2.13. The van der Waals surface area contributed by atoms with Crippen LogP contribution in [0.2, 0.25) is 0 Å². The van der Waals surface area contributed by atoms with Crippen LogP contribution >= 0.6 is 0 Å². The molecule has 1 N–H and O–H groups in total. The molecule has 0 saturated carbocycles. The van der Waals surface area contributed by atoms with Gasteiger partial charge < -0.3 is 9.84 Å². The maximum Gasteiger partial charge on any atom is 0.339 e. The summed E-state index contributed by atoms with van der Waals surface area (Å²) in [5, 5.41) is 11.3. The zero-order valence-corrected chi connectivity index (χ0v) is 13.1. The molecule has 0 radical (unpaired) electrons. The Morgan fingerprint density at radius 2 is 1.50 bits per heavy atom. The van der Waals surface area contributed by atoms with E-state index in [2.05, 4.69) is 0 Å². The number of carbonyl (C=O) groups is 2. The van der Waals surface area contributed by atoms with Gasteiger partial charge in [0.15, 0.2) is 0 Å². The number of carboxylic acid groups (broad SMARTS) is 1. The molecule has 4 nitrogen and oxygen atoms in total. The van der Waals surface area contributed by atoms with Gasteiger partial charge in [-0.3, -0.25) is 0 Å². The predicted molar refractivity (Wildman–Crippen MR) is 91.2 cm³/mol. The highest BCUT2D eigenvalue weighted by Gasteiger charge is 2.19. The molecule has 0 saturated heterocycles. The van der Waals surface area contributed by atoms with Gasteiger partial charge in [-0.15, -0.1) is 0 Å². The third kappa shape index (κ3) is 3.13. The Labute approximate surface area is 139 Å². The predicted octanol–water partition coefficient (Wildman–Crippen LogP) is 4.46. The highest BCUT2D eigenvalue weighted by atomic mass is 16.5. The molecule has 3 rings (SSSR count). The van der Waals surface area contributed by atoms with Crippen molar-refractivity contribution >= 4 is 22.7 Å². The molecule has 0 amide bonds. The molecule has 1 atom stereocenters. The molecule has 0 aliphatic rings. The summed E-state index contributed by atoms with van der Waals surface area (Å²) in [5.41, 5.74) is 0.848. The van der Waals surface area contributed by atoms with Crippen molar-refractivity contribution in [3.8, 4) is 0 Å². The first-order valence-electron chi connectivity index (χ1n) is 7.58. The van der Waals surface area contributed by atoms with Crippen molar-refractivity contribution in [3.63, 3.8) is 0 Å². The van der Waals surface area contributed by atoms with Crippen LogP contribution < -0.4 is 0 Å². The quantitative estimate of drug-likeness (QED) is 0.721. The van der Waals surface area contributed by atoms with Crippen LogP contribution in [0.5, 0.6) is 0 Å². The van der Waals surface area contributed by atoms with E-state index < -0.39 is 18.0 Å². The highest BCUT2D eigenvalue weighted by Crippen LogP contribution is 2.24. The molecule has 0 aromatic heterocycles. The van der Waals surface area contributed by atoms with E-state index >= 15 is 0 Å². The summed E-state index contributed by atoms with van der Waals surface area (Å²) in [7, 11) is 0. The van der Waals surface area contributed by atoms with E-state index in [1.54, 1.807) is 19.1 Å². The van der Waals surface area contributed by atoms with Crippen LogP contribution in [0.15, 0.2) is 66.7 Å². The third-order valence-electron chi connectivity index (χ3n) is 3.90. The van der Waals surface area contributed by atoms with Gasteiger partial charge in [0.25, 0.3) is 0 Å². The lowest BCUT2D eigenvalue weighted by molar-refractivity contribution is 0.0332. The van der Waals surface area contributed by atoms with Gasteiger partial charge in [0.1, 0.15) is 6.10 Å². The molecule has 3 aromatic carbocycles. The monoisotopic (exact) mass is 320 g/mol. The molecule has 0 spiro atoms. The van der Waals surface area contributed by atoms with Gasteiger partial charge in [0, 0.05) is 0 Å². The fraction of sp³-hybridized carbons (Fsp3) is 0.100. The number of benzene rings is 3. The molecular formula is C20H16O4. The van der Waals surface area contributed by atoms with Crippen molar-refractivity contribution in [2.24, 2.45) is 0 Å². The smallest absolute Gasteiger partial charge is 0.339 e. The number of aromatic carboxylic acids is 1. The number of carboxylic acids is 1. The summed E-state index contributed by atoms with van der Waals surface area (Å²) >= 11 is 0. The first-order chi connectivity index (χ1) is 11.6. The summed E-state index contributed by atoms with van der Waals surface area (Å²) in [4.78, 5) is 23.6. The minimum atomic E-state index is -1.15. The fourth-order valence-electron chi connectivity index (χ4n) is 2.60. The van der Waals surface area contributed by atoms with Crippen molar-refractivity contribution in [1.82, 2.24) is 0 Å². The summed E-state index contributed by atoms with van der Waals surface area (Å²) in [6.07, 6.45) is -0.482. The maximum atomic E-state index is 12.3. The number of hydrogen-bond donors (Lipinski definition) is 1. The van der Waals surface area contributed by atoms with E-state index in [4.69, 9.17) is 4.74 Å². The average Bonchev–Trinajstić information content (AvgIpc) is 2.61.